The van der Waals surface area contributed by atoms with E-state index in [1.807, 2.05) is 45.9 Å². The highest BCUT2D eigenvalue weighted by Crippen LogP contribution is 2.26. The van der Waals surface area contributed by atoms with Crippen molar-refractivity contribution in [3.8, 4) is 5.75 Å². The third-order valence-corrected chi connectivity index (χ3v) is 4.50. The molecule has 1 aromatic carbocycles. The van der Waals surface area contributed by atoms with Gasteiger partial charge in [0, 0.05) is 19.3 Å². The fraction of sp³-hybridized carbons (Fsp3) is 0.318. The summed E-state index contributed by atoms with van der Waals surface area (Å²) >= 11 is 0. The molecule has 29 heavy (non-hydrogen) atoms. The minimum atomic E-state index is -0.412. The quantitative estimate of drug-likeness (QED) is 0.660. The molecule has 0 aliphatic carbocycles. The van der Waals surface area contributed by atoms with Crippen LogP contribution >= 0.6 is 0 Å². The van der Waals surface area contributed by atoms with Crippen molar-refractivity contribution in [3.05, 3.63) is 60.2 Å². The zero-order valence-electron chi connectivity index (χ0n) is 17.2. The molecule has 0 atom stereocenters. The first-order valence-electron chi connectivity index (χ1n) is 9.79. The number of ether oxygens (including phenoxy) is 1. The van der Waals surface area contributed by atoms with Gasteiger partial charge in [0.2, 0.25) is 5.82 Å². The molecule has 0 saturated heterocycles. The molecule has 1 N–H and O–H groups in total. The van der Waals surface area contributed by atoms with Crippen molar-refractivity contribution >= 4 is 23.0 Å². The SMILES string of the molecule is CCN(CC)C(=O)c1nc(C(=O)Nc2ccccc2OC(C)C)n2ccccc12. The van der Waals surface area contributed by atoms with Crippen molar-refractivity contribution in [2.45, 2.75) is 33.8 Å². The number of benzene rings is 1. The Morgan fingerprint density at radius 2 is 1.79 bits per heavy atom. The molecule has 2 heterocycles. The van der Waals surface area contributed by atoms with Gasteiger partial charge in [-0.15, -0.1) is 0 Å². The van der Waals surface area contributed by atoms with Crippen LogP contribution in [0.15, 0.2) is 48.7 Å². The molecule has 152 valence electrons. The van der Waals surface area contributed by atoms with E-state index in [-0.39, 0.29) is 23.5 Å². The fourth-order valence-electron chi connectivity index (χ4n) is 3.12. The summed E-state index contributed by atoms with van der Waals surface area (Å²) in [6.45, 7) is 8.82. The largest absolute Gasteiger partial charge is 0.489 e. The van der Waals surface area contributed by atoms with E-state index in [1.165, 1.54) is 0 Å². The number of carbonyl (C=O) groups excluding carboxylic acids is 2. The van der Waals surface area contributed by atoms with Gasteiger partial charge in [0.05, 0.1) is 17.3 Å². The minimum absolute atomic E-state index is 0.0291. The van der Waals surface area contributed by atoms with E-state index in [9.17, 15) is 9.59 Å². The maximum Gasteiger partial charge on any atom is 0.292 e. The van der Waals surface area contributed by atoms with E-state index < -0.39 is 5.91 Å². The smallest absolute Gasteiger partial charge is 0.292 e. The highest BCUT2D eigenvalue weighted by atomic mass is 16.5. The summed E-state index contributed by atoms with van der Waals surface area (Å²) in [5, 5.41) is 2.86. The average Bonchev–Trinajstić information content (AvgIpc) is 3.10. The Morgan fingerprint density at radius 3 is 2.48 bits per heavy atom. The molecule has 0 aliphatic rings. The van der Waals surface area contributed by atoms with Crippen molar-refractivity contribution in [1.82, 2.24) is 14.3 Å². The third-order valence-electron chi connectivity index (χ3n) is 4.50. The first kappa shape index (κ1) is 20.4. The number of hydrogen-bond donors (Lipinski definition) is 1. The number of hydrogen-bond acceptors (Lipinski definition) is 4. The zero-order chi connectivity index (χ0) is 21.0. The van der Waals surface area contributed by atoms with Crippen LogP contribution < -0.4 is 10.1 Å². The molecular weight excluding hydrogens is 368 g/mol. The number of rotatable bonds is 7. The number of nitrogens with one attached hydrogen (secondary N) is 1. The molecule has 3 aromatic rings. The summed E-state index contributed by atoms with van der Waals surface area (Å²) < 4.78 is 7.41. The number of nitrogens with zero attached hydrogens (tertiary/aromatic N) is 3. The predicted octanol–water partition coefficient (Wildman–Crippen LogP) is 3.86. The number of fused-ring (bicyclic) bond motifs is 1. The first-order valence-corrected chi connectivity index (χ1v) is 9.79. The Balaban J connectivity index is 1.99. The standard InChI is InChI=1S/C22H26N4O3/c1-5-25(6-2)22(28)19-17-12-9-10-14-26(17)20(24-19)21(27)23-16-11-7-8-13-18(16)29-15(3)4/h7-15H,5-6H2,1-4H3,(H,23,27). The summed E-state index contributed by atoms with van der Waals surface area (Å²) in [6, 6.07) is 12.6. The van der Waals surface area contributed by atoms with Gasteiger partial charge in [-0.1, -0.05) is 18.2 Å². The summed E-state index contributed by atoms with van der Waals surface area (Å²) in [7, 11) is 0. The van der Waals surface area contributed by atoms with E-state index in [1.54, 1.807) is 39.8 Å². The monoisotopic (exact) mass is 394 g/mol. The van der Waals surface area contributed by atoms with Crippen LogP contribution in [0.2, 0.25) is 0 Å². The molecule has 0 unspecified atom stereocenters. The number of aromatic nitrogens is 2. The van der Waals surface area contributed by atoms with Crippen molar-refractivity contribution in [3.63, 3.8) is 0 Å². The minimum Gasteiger partial charge on any atom is -0.489 e. The zero-order valence-corrected chi connectivity index (χ0v) is 17.2. The van der Waals surface area contributed by atoms with Gasteiger partial charge in [0.25, 0.3) is 11.8 Å². The van der Waals surface area contributed by atoms with Gasteiger partial charge in [0.1, 0.15) is 5.75 Å². The van der Waals surface area contributed by atoms with Crippen LogP contribution in [-0.2, 0) is 0 Å². The van der Waals surface area contributed by atoms with Crippen LogP contribution in [0.4, 0.5) is 5.69 Å². The Labute approximate surface area is 170 Å². The van der Waals surface area contributed by atoms with Crippen molar-refractivity contribution in [2.24, 2.45) is 0 Å². The van der Waals surface area contributed by atoms with E-state index >= 15 is 0 Å². The van der Waals surface area contributed by atoms with Crippen LogP contribution in [0.1, 0.15) is 48.8 Å². The molecule has 7 nitrogen and oxygen atoms in total. The number of para-hydroxylation sites is 2. The lowest BCUT2D eigenvalue weighted by Crippen LogP contribution is -2.31. The Hall–Kier alpha value is -3.35. The second kappa shape index (κ2) is 8.77. The second-order valence-electron chi connectivity index (χ2n) is 6.83. The third kappa shape index (κ3) is 4.23. The lowest BCUT2D eigenvalue weighted by molar-refractivity contribution is 0.0769. The van der Waals surface area contributed by atoms with Gasteiger partial charge in [-0.25, -0.2) is 4.98 Å². The summed E-state index contributed by atoms with van der Waals surface area (Å²) in [6.07, 6.45) is 1.70. The van der Waals surface area contributed by atoms with Gasteiger partial charge >= 0.3 is 0 Å². The van der Waals surface area contributed by atoms with E-state index in [0.717, 1.165) is 0 Å². The van der Waals surface area contributed by atoms with E-state index in [2.05, 4.69) is 10.3 Å². The molecule has 0 bridgehead atoms. The van der Waals surface area contributed by atoms with Crippen LogP contribution in [0.25, 0.3) is 5.52 Å². The predicted molar refractivity (Wildman–Crippen MR) is 113 cm³/mol. The molecule has 0 radical (unpaired) electrons. The number of pyridine rings is 1. The molecule has 2 aromatic heterocycles. The normalized spacial score (nSPS) is 10.9. The Kier molecular flexibility index (Phi) is 6.16. The van der Waals surface area contributed by atoms with Gasteiger partial charge in [-0.05, 0) is 52.0 Å². The van der Waals surface area contributed by atoms with E-state index in [4.69, 9.17) is 4.74 Å². The van der Waals surface area contributed by atoms with Crippen molar-refractivity contribution in [1.29, 1.82) is 0 Å². The topological polar surface area (TPSA) is 75.9 Å². The van der Waals surface area contributed by atoms with Gasteiger partial charge in [0.15, 0.2) is 5.69 Å². The second-order valence-corrected chi connectivity index (χ2v) is 6.83. The first-order chi connectivity index (χ1) is 14.0. The maximum atomic E-state index is 13.0. The molecule has 2 amide bonds. The molecule has 0 spiro atoms. The molecule has 0 fully saturated rings. The average molecular weight is 394 g/mol. The summed E-state index contributed by atoms with van der Waals surface area (Å²) in [4.78, 5) is 32.0. The van der Waals surface area contributed by atoms with Gasteiger partial charge in [-0.2, -0.15) is 0 Å². The number of amides is 2. The summed E-state index contributed by atoms with van der Waals surface area (Å²) in [5.41, 5.74) is 1.42. The number of anilines is 1. The van der Waals surface area contributed by atoms with Gasteiger partial charge < -0.3 is 15.0 Å². The van der Waals surface area contributed by atoms with Crippen LogP contribution in [0.5, 0.6) is 5.75 Å². The van der Waals surface area contributed by atoms with Crippen LogP contribution in [-0.4, -0.2) is 45.3 Å². The van der Waals surface area contributed by atoms with E-state index in [0.29, 0.717) is 30.0 Å². The van der Waals surface area contributed by atoms with Crippen molar-refractivity contribution < 1.29 is 14.3 Å². The van der Waals surface area contributed by atoms with Crippen LogP contribution in [0.3, 0.4) is 0 Å². The highest BCUT2D eigenvalue weighted by Gasteiger charge is 2.24. The molecule has 0 aliphatic heterocycles. The highest BCUT2D eigenvalue weighted by molar-refractivity contribution is 6.06. The fourth-order valence-corrected chi connectivity index (χ4v) is 3.12. The lowest BCUT2D eigenvalue weighted by atomic mass is 10.3. The number of carbonyl (C=O) groups is 2. The molecule has 3 rings (SSSR count). The molecular formula is C22H26N4O3. The number of imidazole rings is 1. The maximum absolute atomic E-state index is 13.0. The lowest BCUT2D eigenvalue weighted by Gasteiger charge is -2.17. The van der Waals surface area contributed by atoms with Gasteiger partial charge in [-0.3, -0.25) is 14.0 Å². The molecule has 0 saturated carbocycles. The Bertz CT molecular complexity index is 1020. The van der Waals surface area contributed by atoms with Crippen LogP contribution in [0, 0.1) is 0 Å². The summed E-state index contributed by atoms with van der Waals surface area (Å²) in [5.74, 6) is 0.123. The van der Waals surface area contributed by atoms with Crippen molar-refractivity contribution in [2.75, 3.05) is 18.4 Å². The Morgan fingerprint density at radius 1 is 1.10 bits per heavy atom. The molecule has 7 heteroatoms.